The van der Waals surface area contributed by atoms with Gasteiger partial charge in [0.05, 0.1) is 0 Å². The number of piperidine rings is 1. The van der Waals surface area contributed by atoms with Gasteiger partial charge in [0.1, 0.15) is 11.2 Å². The number of ether oxygens (including phenoxy) is 1. The van der Waals surface area contributed by atoms with Crippen molar-refractivity contribution in [3.8, 4) is 11.5 Å². The molecule has 4 rings (SSSR count). The summed E-state index contributed by atoms with van der Waals surface area (Å²) in [7, 11) is 0. The highest BCUT2D eigenvalue weighted by Gasteiger charge is 2.28. The summed E-state index contributed by atoms with van der Waals surface area (Å²) < 4.78 is 6.27. The summed E-state index contributed by atoms with van der Waals surface area (Å²) in [5.74, 6) is 3.03. The lowest BCUT2D eigenvalue weighted by Gasteiger charge is -2.28. The Morgan fingerprint density at radius 1 is 1.28 bits per heavy atom. The van der Waals surface area contributed by atoms with E-state index in [0.29, 0.717) is 5.25 Å². The number of para-hydroxylation sites is 1. The van der Waals surface area contributed by atoms with E-state index in [1.807, 2.05) is 53.2 Å². The van der Waals surface area contributed by atoms with Gasteiger partial charge in [-0.2, -0.15) is 0 Å². The van der Waals surface area contributed by atoms with Gasteiger partial charge in [0.15, 0.2) is 11.6 Å². The number of hydrogen-bond acceptors (Lipinski definition) is 7. The van der Waals surface area contributed by atoms with E-state index >= 15 is 0 Å². The quantitative estimate of drug-likeness (QED) is 0.627. The summed E-state index contributed by atoms with van der Waals surface area (Å²) >= 11 is 3.48. The van der Waals surface area contributed by atoms with E-state index in [0.717, 1.165) is 46.9 Å². The van der Waals surface area contributed by atoms with Crippen molar-refractivity contribution < 1.29 is 4.74 Å². The minimum Gasteiger partial charge on any atom is -0.453 e. The molecular formula is C22H28N4OS2. The van der Waals surface area contributed by atoms with Crippen LogP contribution in [0.5, 0.6) is 11.5 Å². The Labute approximate surface area is 181 Å². The first-order valence-electron chi connectivity index (χ1n) is 10.1. The zero-order valence-corrected chi connectivity index (χ0v) is 18.5. The summed E-state index contributed by atoms with van der Waals surface area (Å²) in [5.41, 5.74) is 7.20. The van der Waals surface area contributed by atoms with Crippen LogP contribution in [-0.2, 0) is 0 Å². The first-order valence-corrected chi connectivity index (χ1v) is 11.9. The number of thioether (sulfide) groups is 2. The molecule has 0 bridgehead atoms. The highest BCUT2D eigenvalue weighted by Crippen LogP contribution is 2.41. The van der Waals surface area contributed by atoms with Gasteiger partial charge in [-0.1, -0.05) is 36.9 Å². The summed E-state index contributed by atoms with van der Waals surface area (Å²) in [6.07, 6.45) is 4.42. The Hall–Kier alpha value is -1.67. The van der Waals surface area contributed by atoms with E-state index in [4.69, 9.17) is 15.5 Å². The van der Waals surface area contributed by atoms with Crippen molar-refractivity contribution in [2.75, 3.05) is 18.0 Å². The third-order valence-electron chi connectivity index (χ3n) is 5.39. The van der Waals surface area contributed by atoms with Crippen LogP contribution in [-0.4, -0.2) is 28.8 Å². The van der Waals surface area contributed by atoms with Crippen LogP contribution >= 0.6 is 23.5 Å². The van der Waals surface area contributed by atoms with Gasteiger partial charge in [-0.3, -0.25) is 0 Å². The highest BCUT2D eigenvalue weighted by molar-refractivity contribution is 8.03. The molecule has 2 aliphatic heterocycles. The molecule has 3 N–H and O–H groups in total. The van der Waals surface area contributed by atoms with E-state index < -0.39 is 0 Å². The second-order valence-corrected chi connectivity index (χ2v) is 9.92. The van der Waals surface area contributed by atoms with Crippen LogP contribution in [0.4, 0.5) is 5.82 Å². The van der Waals surface area contributed by atoms with E-state index in [2.05, 4.69) is 30.6 Å². The smallest absolute Gasteiger partial charge is 0.178 e. The average molecular weight is 429 g/mol. The second-order valence-electron chi connectivity index (χ2n) is 7.47. The predicted molar refractivity (Wildman–Crippen MR) is 123 cm³/mol. The summed E-state index contributed by atoms with van der Waals surface area (Å²) in [6, 6.07) is 12.0. The number of benzene rings is 1. The molecule has 3 heterocycles. The Morgan fingerprint density at radius 3 is 2.72 bits per heavy atom. The SMILES string of the molecule is CC1=CSC(N)N1c1ncc(SC(C)C2CCNCC2)cc1Oc1ccccc1. The second kappa shape index (κ2) is 9.43. The Morgan fingerprint density at radius 2 is 2.03 bits per heavy atom. The summed E-state index contributed by atoms with van der Waals surface area (Å²) in [6.45, 7) is 6.61. The molecule has 2 atom stereocenters. The predicted octanol–water partition coefficient (Wildman–Crippen LogP) is 5.01. The maximum absolute atomic E-state index is 6.31. The lowest BCUT2D eigenvalue weighted by molar-refractivity contribution is 0.373. The monoisotopic (exact) mass is 428 g/mol. The molecule has 1 fully saturated rings. The number of nitrogens with one attached hydrogen (secondary N) is 1. The molecule has 0 aliphatic carbocycles. The molecule has 29 heavy (non-hydrogen) atoms. The third-order valence-corrected chi connectivity index (χ3v) is 7.61. The van der Waals surface area contributed by atoms with Gasteiger partial charge in [0.25, 0.3) is 0 Å². The molecule has 0 radical (unpaired) electrons. The van der Waals surface area contributed by atoms with Gasteiger partial charge in [-0.25, -0.2) is 4.98 Å². The molecule has 1 saturated heterocycles. The molecule has 2 unspecified atom stereocenters. The van der Waals surface area contributed by atoms with Crippen molar-refractivity contribution in [1.82, 2.24) is 10.3 Å². The van der Waals surface area contributed by atoms with Gasteiger partial charge in [-0.15, -0.1) is 11.8 Å². The van der Waals surface area contributed by atoms with Crippen LogP contribution in [0.15, 0.2) is 58.6 Å². The highest BCUT2D eigenvalue weighted by atomic mass is 32.2. The van der Waals surface area contributed by atoms with Crippen molar-refractivity contribution in [1.29, 1.82) is 0 Å². The van der Waals surface area contributed by atoms with E-state index in [9.17, 15) is 0 Å². The van der Waals surface area contributed by atoms with E-state index in [1.165, 1.54) is 12.8 Å². The number of nitrogens with two attached hydrogens (primary N) is 1. The molecule has 1 aromatic carbocycles. The largest absolute Gasteiger partial charge is 0.453 e. The van der Waals surface area contributed by atoms with Crippen LogP contribution in [0.2, 0.25) is 0 Å². The van der Waals surface area contributed by atoms with Crippen molar-refractivity contribution in [2.45, 2.75) is 42.3 Å². The van der Waals surface area contributed by atoms with Crippen LogP contribution < -0.4 is 20.7 Å². The number of allylic oxidation sites excluding steroid dienone is 1. The lowest BCUT2D eigenvalue weighted by Crippen LogP contribution is -2.35. The van der Waals surface area contributed by atoms with Crippen molar-refractivity contribution in [3.05, 3.63) is 53.7 Å². The van der Waals surface area contributed by atoms with Gasteiger partial charge in [0.2, 0.25) is 0 Å². The molecule has 2 aliphatic rings. The maximum atomic E-state index is 6.31. The third kappa shape index (κ3) is 4.91. The molecule has 154 valence electrons. The number of aromatic nitrogens is 1. The molecule has 0 spiro atoms. The van der Waals surface area contributed by atoms with Crippen molar-refractivity contribution in [3.63, 3.8) is 0 Å². The fourth-order valence-corrected chi connectivity index (χ4v) is 5.77. The number of rotatable bonds is 6. The molecule has 7 heteroatoms. The number of nitrogens with zero attached hydrogens (tertiary/aromatic N) is 2. The van der Waals surface area contributed by atoms with Crippen LogP contribution in [0, 0.1) is 5.92 Å². The lowest BCUT2D eigenvalue weighted by atomic mass is 9.95. The number of pyridine rings is 1. The zero-order valence-electron chi connectivity index (χ0n) is 16.9. The number of anilines is 1. The van der Waals surface area contributed by atoms with Crippen LogP contribution in [0.3, 0.4) is 0 Å². The molecular weight excluding hydrogens is 400 g/mol. The van der Waals surface area contributed by atoms with Crippen LogP contribution in [0.25, 0.3) is 0 Å². The minimum absolute atomic E-state index is 0.187. The topological polar surface area (TPSA) is 63.4 Å². The molecule has 0 saturated carbocycles. The van der Waals surface area contributed by atoms with Gasteiger partial charge >= 0.3 is 0 Å². The van der Waals surface area contributed by atoms with Crippen LogP contribution in [0.1, 0.15) is 26.7 Å². The van der Waals surface area contributed by atoms with Gasteiger partial charge < -0.3 is 20.7 Å². The Kier molecular flexibility index (Phi) is 6.70. The van der Waals surface area contributed by atoms with Gasteiger partial charge in [0, 0.05) is 22.0 Å². The molecule has 5 nitrogen and oxygen atoms in total. The van der Waals surface area contributed by atoms with Gasteiger partial charge in [-0.05, 0) is 62.4 Å². The normalized spacial score (nSPS) is 21.1. The number of hydrogen-bond donors (Lipinski definition) is 2. The first-order chi connectivity index (χ1) is 14.1. The standard InChI is InChI=1S/C22H28N4OS2/c1-15-14-28-22(23)26(15)21-20(27-18-6-4-3-5-7-18)12-19(13-25-21)29-16(2)17-8-10-24-11-9-17/h3-7,12-14,16-17,22,24H,8-11,23H2,1-2H3. The summed E-state index contributed by atoms with van der Waals surface area (Å²) in [5, 5.41) is 6.06. The Balaban J connectivity index is 1.60. The summed E-state index contributed by atoms with van der Waals surface area (Å²) in [4.78, 5) is 7.96. The molecule has 1 aromatic heterocycles. The fraction of sp³-hybridized carbons (Fsp3) is 0.409. The maximum Gasteiger partial charge on any atom is 0.178 e. The first kappa shape index (κ1) is 20.6. The van der Waals surface area contributed by atoms with Crippen molar-refractivity contribution in [2.24, 2.45) is 11.7 Å². The zero-order chi connectivity index (χ0) is 20.2. The van der Waals surface area contributed by atoms with Crippen molar-refractivity contribution >= 4 is 29.3 Å². The minimum atomic E-state index is -0.187. The Bertz CT molecular complexity index is 855. The molecule has 2 aromatic rings. The van der Waals surface area contributed by atoms with E-state index in [-0.39, 0.29) is 5.50 Å². The van der Waals surface area contributed by atoms with E-state index in [1.54, 1.807) is 11.8 Å². The average Bonchev–Trinajstić information content (AvgIpc) is 3.08. The fourth-order valence-electron chi connectivity index (χ4n) is 3.75. The molecule has 0 amide bonds.